The highest BCUT2D eigenvalue weighted by atomic mass is 19.4. The number of halogens is 4. The maximum atomic E-state index is 13.6. The van der Waals surface area contributed by atoms with E-state index in [1.54, 1.807) is 18.2 Å². The van der Waals surface area contributed by atoms with E-state index in [9.17, 15) is 17.6 Å². The molecule has 2 aromatic carbocycles. The number of hydrogen-bond donors (Lipinski definition) is 0. The van der Waals surface area contributed by atoms with Gasteiger partial charge in [-0.3, -0.25) is 5.01 Å². The van der Waals surface area contributed by atoms with E-state index >= 15 is 0 Å². The molecule has 2 aliphatic heterocycles. The summed E-state index contributed by atoms with van der Waals surface area (Å²) in [5.74, 6) is -0.589. The van der Waals surface area contributed by atoms with E-state index in [0.717, 1.165) is 24.6 Å². The van der Waals surface area contributed by atoms with Crippen LogP contribution in [0.5, 0.6) is 5.75 Å². The normalized spacial score (nSPS) is 16.6. The number of anilines is 1. The molecule has 0 N–H and O–H groups in total. The zero-order valence-corrected chi connectivity index (χ0v) is 16.4. The molecule has 4 rings (SSSR count). The standard InChI is InChI=1S/C23H20F4N2O/c1-3-19-22(15-7-12-21(30-2)18(14-15)23(25,26)27)20-6-4-5-13-28(20)29(19)17-10-8-16(24)9-11-17/h7-12,14H,1,4-6,13H2,2H3. The fourth-order valence-corrected chi connectivity index (χ4v) is 4.06. The van der Waals surface area contributed by atoms with Gasteiger partial charge < -0.3 is 4.74 Å². The minimum absolute atomic E-state index is 0.227. The molecule has 0 radical (unpaired) electrons. The average molecular weight is 416 g/mol. The molecule has 156 valence electrons. The van der Waals surface area contributed by atoms with Crippen LogP contribution in [0.15, 0.2) is 66.2 Å². The van der Waals surface area contributed by atoms with Crippen LogP contribution in [0.25, 0.3) is 5.57 Å². The number of alkyl halides is 3. The summed E-state index contributed by atoms with van der Waals surface area (Å²) in [6.45, 7) is 4.49. The summed E-state index contributed by atoms with van der Waals surface area (Å²) in [7, 11) is 1.22. The Morgan fingerprint density at radius 1 is 1.07 bits per heavy atom. The van der Waals surface area contributed by atoms with E-state index in [4.69, 9.17) is 4.74 Å². The summed E-state index contributed by atoms with van der Waals surface area (Å²) in [6, 6.07) is 10.0. The summed E-state index contributed by atoms with van der Waals surface area (Å²) in [4.78, 5) is 0. The Hall–Kier alpha value is -3.18. The van der Waals surface area contributed by atoms with Crippen molar-refractivity contribution in [2.24, 2.45) is 0 Å². The molecule has 3 nitrogen and oxygen atoms in total. The molecule has 0 atom stereocenters. The number of rotatable bonds is 3. The van der Waals surface area contributed by atoms with Crippen molar-refractivity contribution in [1.82, 2.24) is 5.01 Å². The van der Waals surface area contributed by atoms with Crippen LogP contribution in [-0.2, 0) is 6.18 Å². The number of benzene rings is 2. The summed E-state index contributed by atoms with van der Waals surface area (Å²) in [5.41, 5.74) is 5.31. The Morgan fingerprint density at radius 2 is 1.80 bits per heavy atom. The number of methoxy groups -OCH3 is 1. The molecular weight excluding hydrogens is 396 g/mol. The maximum absolute atomic E-state index is 13.6. The van der Waals surface area contributed by atoms with Crippen LogP contribution in [0.1, 0.15) is 30.4 Å². The van der Waals surface area contributed by atoms with E-state index in [-0.39, 0.29) is 11.6 Å². The molecule has 0 unspecified atom stereocenters. The Morgan fingerprint density at radius 3 is 2.43 bits per heavy atom. The van der Waals surface area contributed by atoms with Crippen LogP contribution in [0, 0.1) is 5.82 Å². The van der Waals surface area contributed by atoms with E-state index in [0.29, 0.717) is 35.5 Å². The van der Waals surface area contributed by atoms with Crippen molar-refractivity contribution in [1.29, 1.82) is 0 Å². The van der Waals surface area contributed by atoms with Crippen LogP contribution in [0.2, 0.25) is 0 Å². The van der Waals surface area contributed by atoms with E-state index in [1.807, 2.05) is 10.0 Å². The molecule has 7 heteroatoms. The largest absolute Gasteiger partial charge is 0.496 e. The highest BCUT2D eigenvalue weighted by Gasteiger charge is 2.39. The first-order chi connectivity index (χ1) is 14.3. The number of allylic oxidation sites excluding steroid dienone is 2. The lowest BCUT2D eigenvalue weighted by atomic mass is 9.95. The monoisotopic (exact) mass is 416 g/mol. The minimum atomic E-state index is -4.55. The molecule has 0 saturated carbocycles. The second-order valence-corrected chi connectivity index (χ2v) is 7.13. The quantitative estimate of drug-likeness (QED) is 0.441. The van der Waals surface area contributed by atoms with Crippen molar-refractivity contribution in [2.45, 2.75) is 25.4 Å². The van der Waals surface area contributed by atoms with Gasteiger partial charge in [0.2, 0.25) is 0 Å². The SMILES string of the molecule is C=C=C1C(c2ccc(OC)c(C(F)(F)F)c2)=C2CCCCN2N1c1ccc(F)cc1. The van der Waals surface area contributed by atoms with Gasteiger partial charge in [0.25, 0.3) is 0 Å². The van der Waals surface area contributed by atoms with Gasteiger partial charge in [0.05, 0.1) is 18.4 Å². The van der Waals surface area contributed by atoms with Crippen LogP contribution < -0.4 is 9.75 Å². The number of ether oxygens (including phenoxy) is 1. The van der Waals surface area contributed by atoms with E-state index in [1.165, 1.54) is 25.3 Å². The van der Waals surface area contributed by atoms with Crippen LogP contribution in [0.3, 0.4) is 0 Å². The number of fused-ring (bicyclic) bond motifs is 1. The number of piperidine rings is 1. The Balaban J connectivity index is 1.88. The summed E-state index contributed by atoms with van der Waals surface area (Å²) >= 11 is 0. The molecule has 0 aromatic heterocycles. The third-order valence-corrected chi connectivity index (χ3v) is 5.36. The third-order valence-electron chi connectivity index (χ3n) is 5.36. The lowest BCUT2D eigenvalue weighted by molar-refractivity contribution is -0.138. The van der Waals surface area contributed by atoms with Gasteiger partial charge in [-0.15, -0.1) is 5.73 Å². The molecule has 0 bridgehead atoms. The summed E-state index contributed by atoms with van der Waals surface area (Å²) in [5, 5.41) is 3.88. The van der Waals surface area contributed by atoms with Crippen molar-refractivity contribution < 1.29 is 22.3 Å². The van der Waals surface area contributed by atoms with Gasteiger partial charge >= 0.3 is 6.18 Å². The third kappa shape index (κ3) is 3.35. The number of hydrogen-bond acceptors (Lipinski definition) is 3. The molecule has 2 aliphatic rings. The average Bonchev–Trinajstić information content (AvgIpc) is 3.07. The number of nitrogens with zero attached hydrogens (tertiary/aromatic N) is 2. The van der Waals surface area contributed by atoms with Gasteiger partial charge in [-0.1, -0.05) is 12.6 Å². The van der Waals surface area contributed by atoms with E-state index < -0.39 is 11.7 Å². The van der Waals surface area contributed by atoms with Crippen molar-refractivity contribution in [3.8, 4) is 5.75 Å². The van der Waals surface area contributed by atoms with Crippen molar-refractivity contribution in [3.63, 3.8) is 0 Å². The Labute approximate surface area is 172 Å². The zero-order valence-electron chi connectivity index (χ0n) is 16.4. The first-order valence-corrected chi connectivity index (χ1v) is 9.57. The van der Waals surface area contributed by atoms with Crippen molar-refractivity contribution in [3.05, 3.63) is 83.1 Å². The first-order valence-electron chi connectivity index (χ1n) is 9.57. The second kappa shape index (κ2) is 7.58. The summed E-state index contributed by atoms with van der Waals surface area (Å²) < 4.78 is 59.2. The highest BCUT2D eigenvalue weighted by molar-refractivity contribution is 5.88. The topological polar surface area (TPSA) is 15.7 Å². The van der Waals surface area contributed by atoms with Crippen molar-refractivity contribution in [2.75, 3.05) is 18.7 Å². The number of hydrazine groups is 1. The predicted octanol–water partition coefficient (Wildman–Crippen LogP) is 6.15. The molecule has 0 aliphatic carbocycles. The van der Waals surface area contributed by atoms with Crippen molar-refractivity contribution >= 4 is 11.3 Å². The van der Waals surface area contributed by atoms with Gasteiger partial charge in [-0.2, -0.15) is 13.2 Å². The lowest BCUT2D eigenvalue weighted by Crippen LogP contribution is -2.39. The molecule has 0 spiro atoms. The molecular formula is C23H20F4N2O. The van der Waals surface area contributed by atoms with Gasteiger partial charge in [0, 0.05) is 17.8 Å². The molecule has 1 fully saturated rings. The molecule has 1 saturated heterocycles. The van der Waals surface area contributed by atoms with Gasteiger partial charge in [0.15, 0.2) is 0 Å². The van der Waals surface area contributed by atoms with Gasteiger partial charge in [-0.05, 0) is 61.2 Å². The Kier molecular flexibility index (Phi) is 5.08. The fourth-order valence-electron chi connectivity index (χ4n) is 4.06. The van der Waals surface area contributed by atoms with Gasteiger partial charge in [-0.25, -0.2) is 9.40 Å². The molecule has 2 heterocycles. The fraction of sp³-hybridized carbons (Fsp3) is 0.261. The lowest BCUT2D eigenvalue weighted by Gasteiger charge is -2.36. The van der Waals surface area contributed by atoms with Crippen LogP contribution >= 0.6 is 0 Å². The van der Waals surface area contributed by atoms with Gasteiger partial charge in [0.1, 0.15) is 17.3 Å². The molecule has 30 heavy (non-hydrogen) atoms. The first kappa shape index (κ1) is 20.1. The molecule has 0 amide bonds. The maximum Gasteiger partial charge on any atom is 0.419 e. The van der Waals surface area contributed by atoms with Crippen LogP contribution in [-0.4, -0.2) is 18.7 Å². The predicted molar refractivity (Wildman–Crippen MR) is 107 cm³/mol. The summed E-state index contributed by atoms with van der Waals surface area (Å²) in [6.07, 6.45) is -1.97. The zero-order chi connectivity index (χ0) is 21.5. The highest BCUT2D eigenvalue weighted by Crippen LogP contribution is 2.46. The smallest absolute Gasteiger partial charge is 0.419 e. The second-order valence-electron chi connectivity index (χ2n) is 7.13. The minimum Gasteiger partial charge on any atom is -0.496 e. The molecule has 2 aromatic rings. The van der Waals surface area contributed by atoms with E-state index in [2.05, 4.69) is 12.3 Å². The Bertz CT molecular complexity index is 1050. The van der Waals surface area contributed by atoms with Crippen LogP contribution in [0.4, 0.5) is 23.2 Å².